The highest BCUT2D eigenvalue weighted by Crippen LogP contribution is 2.30. The van der Waals surface area contributed by atoms with E-state index >= 15 is 0 Å². The summed E-state index contributed by atoms with van der Waals surface area (Å²) in [6.45, 7) is 4.74. The van der Waals surface area contributed by atoms with E-state index in [1.165, 1.54) is 12.1 Å². The van der Waals surface area contributed by atoms with Gasteiger partial charge < -0.3 is 9.84 Å². The highest BCUT2D eigenvalue weighted by molar-refractivity contribution is 6.33. The third-order valence-electron chi connectivity index (χ3n) is 2.52. The van der Waals surface area contributed by atoms with Gasteiger partial charge in [0.05, 0.1) is 11.2 Å². The fourth-order valence-corrected chi connectivity index (χ4v) is 1.85. The van der Waals surface area contributed by atoms with E-state index < -0.39 is 0 Å². The van der Waals surface area contributed by atoms with E-state index in [1.807, 2.05) is 0 Å². The van der Waals surface area contributed by atoms with Crippen LogP contribution in [0.15, 0.2) is 28.9 Å². The van der Waals surface area contributed by atoms with Gasteiger partial charge in [-0.2, -0.15) is 0 Å². The van der Waals surface area contributed by atoms with Crippen molar-refractivity contribution < 1.29 is 8.91 Å². The van der Waals surface area contributed by atoms with Gasteiger partial charge in [0, 0.05) is 23.7 Å². The molecule has 0 aliphatic rings. The number of nitrogens with one attached hydrogen (secondary N) is 1. The molecule has 0 fully saturated rings. The average Bonchev–Trinajstić information content (AvgIpc) is 2.74. The topological polar surface area (TPSA) is 38.1 Å². The van der Waals surface area contributed by atoms with Crippen molar-refractivity contribution in [2.45, 2.75) is 26.4 Å². The minimum absolute atomic E-state index is 0.317. The Kier molecular flexibility index (Phi) is 3.99. The van der Waals surface area contributed by atoms with Crippen molar-refractivity contribution in [2.24, 2.45) is 0 Å². The van der Waals surface area contributed by atoms with Crippen LogP contribution in [0.25, 0.3) is 11.3 Å². The summed E-state index contributed by atoms with van der Waals surface area (Å²) in [6.07, 6.45) is 1.64. The van der Waals surface area contributed by atoms with Gasteiger partial charge in [0.1, 0.15) is 5.82 Å². The molecule has 5 heteroatoms. The molecular weight excluding hydrogens is 255 g/mol. The smallest absolute Gasteiger partial charge is 0.172 e. The molecule has 1 heterocycles. The van der Waals surface area contributed by atoms with E-state index in [9.17, 15) is 4.39 Å². The number of rotatable bonds is 4. The van der Waals surface area contributed by atoms with E-state index in [1.54, 1.807) is 12.3 Å². The predicted molar refractivity (Wildman–Crippen MR) is 68.9 cm³/mol. The Morgan fingerprint density at radius 2 is 2.22 bits per heavy atom. The first kappa shape index (κ1) is 13.1. The Morgan fingerprint density at radius 3 is 2.89 bits per heavy atom. The van der Waals surface area contributed by atoms with Crippen LogP contribution in [0.1, 0.15) is 19.4 Å². The Bertz CT molecular complexity index is 540. The highest BCUT2D eigenvalue weighted by Gasteiger charge is 2.14. The van der Waals surface area contributed by atoms with Gasteiger partial charge in [-0.15, -0.1) is 0 Å². The lowest BCUT2D eigenvalue weighted by Gasteiger charge is -2.08. The first-order valence-corrected chi connectivity index (χ1v) is 6.08. The second-order valence-corrected chi connectivity index (χ2v) is 4.75. The molecule has 0 unspecified atom stereocenters. The molecule has 18 heavy (non-hydrogen) atoms. The third kappa shape index (κ3) is 2.89. The van der Waals surface area contributed by atoms with Crippen LogP contribution in [0.5, 0.6) is 0 Å². The number of hydrogen-bond acceptors (Lipinski definition) is 3. The fraction of sp³-hybridized carbons (Fsp3) is 0.308. The summed E-state index contributed by atoms with van der Waals surface area (Å²) in [7, 11) is 0. The molecule has 1 aromatic carbocycles. The van der Waals surface area contributed by atoms with Crippen LogP contribution in [-0.4, -0.2) is 11.2 Å². The number of nitrogens with zero attached hydrogens (tertiary/aromatic N) is 1. The third-order valence-corrected chi connectivity index (χ3v) is 2.83. The summed E-state index contributed by atoms with van der Waals surface area (Å²) in [6, 6.07) is 4.57. The second kappa shape index (κ2) is 5.50. The Morgan fingerprint density at radius 1 is 1.44 bits per heavy atom. The summed E-state index contributed by atoms with van der Waals surface area (Å²) in [5.74, 6) is 0.207. The highest BCUT2D eigenvalue weighted by atomic mass is 35.5. The van der Waals surface area contributed by atoms with Gasteiger partial charge in [0.25, 0.3) is 0 Å². The Labute approximate surface area is 110 Å². The summed E-state index contributed by atoms with van der Waals surface area (Å²) < 4.78 is 18.2. The molecule has 0 aliphatic carbocycles. The summed E-state index contributed by atoms with van der Waals surface area (Å²) in [4.78, 5) is 0. The standard InChI is InChI=1S/C13H14ClFN2O/c1-8(2)16-6-9-7-17-18-13(9)11-4-3-10(15)5-12(11)14/h3-5,7-8,16H,6H2,1-2H3. The summed E-state index contributed by atoms with van der Waals surface area (Å²) in [5, 5.41) is 7.36. The van der Waals surface area contributed by atoms with Crippen LogP contribution in [-0.2, 0) is 6.54 Å². The van der Waals surface area contributed by atoms with Crippen molar-refractivity contribution in [1.82, 2.24) is 10.5 Å². The maximum absolute atomic E-state index is 13.0. The Hall–Kier alpha value is -1.39. The maximum atomic E-state index is 13.0. The quantitative estimate of drug-likeness (QED) is 0.920. The number of benzene rings is 1. The van der Waals surface area contributed by atoms with E-state index in [2.05, 4.69) is 24.3 Å². The van der Waals surface area contributed by atoms with Crippen molar-refractivity contribution in [1.29, 1.82) is 0 Å². The van der Waals surface area contributed by atoms with Crippen LogP contribution < -0.4 is 5.32 Å². The van der Waals surface area contributed by atoms with E-state index in [0.717, 1.165) is 5.56 Å². The molecule has 96 valence electrons. The molecule has 0 radical (unpaired) electrons. The van der Waals surface area contributed by atoms with Crippen LogP contribution in [0.4, 0.5) is 4.39 Å². The minimum Gasteiger partial charge on any atom is -0.356 e. The first-order chi connectivity index (χ1) is 8.58. The second-order valence-electron chi connectivity index (χ2n) is 4.34. The molecule has 0 spiro atoms. The first-order valence-electron chi connectivity index (χ1n) is 5.70. The molecule has 2 aromatic rings. The van der Waals surface area contributed by atoms with Gasteiger partial charge in [0.15, 0.2) is 5.76 Å². The zero-order valence-corrected chi connectivity index (χ0v) is 11.0. The van der Waals surface area contributed by atoms with Crippen molar-refractivity contribution >= 4 is 11.6 Å². The molecule has 1 aromatic heterocycles. The Balaban J connectivity index is 2.30. The van der Waals surface area contributed by atoms with Crippen molar-refractivity contribution in [3.8, 4) is 11.3 Å². The van der Waals surface area contributed by atoms with E-state index in [0.29, 0.717) is 28.9 Å². The van der Waals surface area contributed by atoms with Gasteiger partial charge in [-0.25, -0.2) is 4.39 Å². The van der Waals surface area contributed by atoms with Gasteiger partial charge in [-0.05, 0) is 18.2 Å². The number of halogens is 2. The van der Waals surface area contributed by atoms with Gasteiger partial charge in [0.2, 0.25) is 0 Å². The largest absolute Gasteiger partial charge is 0.356 e. The maximum Gasteiger partial charge on any atom is 0.172 e. The number of aromatic nitrogens is 1. The van der Waals surface area contributed by atoms with Gasteiger partial charge in [-0.3, -0.25) is 0 Å². The van der Waals surface area contributed by atoms with Gasteiger partial charge in [-0.1, -0.05) is 30.6 Å². The van der Waals surface area contributed by atoms with Crippen LogP contribution in [0.3, 0.4) is 0 Å². The summed E-state index contributed by atoms with van der Waals surface area (Å²) in [5.41, 5.74) is 1.55. The monoisotopic (exact) mass is 268 g/mol. The minimum atomic E-state index is -0.370. The van der Waals surface area contributed by atoms with Crippen LogP contribution in [0.2, 0.25) is 5.02 Å². The van der Waals surface area contributed by atoms with Crippen molar-refractivity contribution in [3.05, 3.63) is 40.8 Å². The lowest BCUT2D eigenvalue weighted by atomic mass is 10.1. The molecule has 0 saturated heterocycles. The van der Waals surface area contributed by atoms with Crippen molar-refractivity contribution in [2.75, 3.05) is 0 Å². The SMILES string of the molecule is CC(C)NCc1cnoc1-c1ccc(F)cc1Cl. The zero-order valence-electron chi connectivity index (χ0n) is 10.2. The van der Waals surface area contributed by atoms with E-state index in [4.69, 9.17) is 16.1 Å². The molecule has 2 rings (SSSR count). The van der Waals surface area contributed by atoms with Crippen molar-refractivity contribution in [3.63, 3.8) is 0 Å². The van der Waals surface area contributed by atoms with Crippen LogP contribution >= 0.6 is 11.6 Å². The molecule has 0 aliphatic heterocycles. The molecular formula is C13H14ClFN2O. The van der Waals surface area contributed by atoms with E-state index in [-0.39, 0.29) is 5.82 Å². The fourth-order valence-electron chi connectivity index (χ4n) is 1.60. The molecule has 0 atom stereocenters. The lowest BCUT2D eigenvalue weighted by molar-refractivity contribution is 0.431. The molecule has 1 N–H and O–H groups in total. The molecule has 0 bridgehead atoms. The average molecular weight is 269 g/mol. The predicted octanol–water partition coefficient (Wildman–Crippen LogP) is 3.63. The van der Waals surface area contributed by atoms with Crippen LogP contribution in [0, 0.1) is 5.82 Å². The lowest BCUT2D eigenvalue weighted by Crippen LogP contribution is -2.21. The molecule has 0 saturated carbocycles. The molecule has 3 nitrogen and oxygen atoms in total. The van der Waals surface area contributed by atoms with Gasteiger partial charge >= 0.3 is 0 Å². The summed E-state index contributed by atoms with van der Waals surface area (Å²) >= 11 is 6.01. The number of hydrogen-bond donors (Lipinski definition) is 1. The molecule has 0 amide bonds. The zero-order chi connectivity index (χ0) is 13.1. The normalized spacial score (nSPS) is 11.2.